The van der Waals surface area contributed by atoms with E-state index in [0.717, 1.165) is 5.57 Å². The molecule has 3 amide bonds. The lowest BCUT2D eigenvalue weighted by Crippen LogP contribution is -2.48. The predicted molar refractivity (Wildman–Crippen MR) is 69.0 cm³/mol. The van der Waals surface area contributed by atoms with E-state index in [1.54, 1.807) is 0 Å². The SMILES string of the molecule is CC1=C(N2CCC(=O)NC2=O)N=CC(C)(C)C=C1. The number of nitrogens with one attached hydrogen (secondary N) is 1. The van der Waals surface area contributed by atoms with Gasteiger partial charge in [0.05, 0.1) is 0 Å². The standard InChI is InChI=1S/C13H17N3O2/c1-9-4-6-13(2,3)8-14-11(9)16-7-5-10(17)15-12(16)18/h4,6,8H,5,7H2,1-3H3,(H,15,17,18). The highest BCUT2D eigenvalue weighted by Crippen LogP contribution is 2.24. The van der Waals surface area contributed by atoms with E-state index in [1.807, 2.05) is 39.1 Å². The molecule has 18 heavy (non-hydrogen) atoms. The number of carbonyl (C=O) groups excluding carboxylic acids is 2. The van der Waals surface area contributed by atoms with Crippen molar-refractivity contribution in [3.05, 3.63) is 23.5 Å². The van der Waals surface area contributed by atoms with Gasteiger partial charge in [0.15, 0.2) is 0 Å². The first-order chi connectivity index (χ1) is 8.39. The Morgan fingerprint density at radius 1 is 1.39 bits per heavy atom. The van der Waals surface area contributed by atoms with Crippen LogP contribution in [0.3, 0.4) is 0 Å². The maximum Gasteiger partial charge on any atom is 0.329 e. The third-order valence-corrected chi connectivity index (χ3v) is 2.94. The van der Waals surface area contributed by atoms with Crippen LogP contribution in [0.25, 0.3) is 0 Å². The van der Waals surface area contributed by atoms with Gasteiger partial charge in [-0.25, -0.2) is 9.79 Å². The Hall–Kier alpha value is -1.91. The number of amides is 3. The highest BCUT2D eigenvalue weighted by Gasteiger charge is 2.27. The molecule has 1 saturated heterocycles. The van der Waals surface area contributed by atoms with Gasteiger partial charge < -0.3 is 0 Å². The fourth-order valence-electron chi connectivity index (χ4n) is 1.84. The lowest BCUT2D eigenvalue weighted by molar-refractivity contribution is -0.121. The number of rotatable bonds is 1. The van der Waals surface area contributed by atoms with E-state index in [9.17, 15) is 9.59 Å². The number of aliphatic imine (C=N–C) groups is 1. The Kier molecular flexibility index (Phi) is 3.07. The maximum absolute atomic E-state index is 11.8. The molecule has 0 aromatic carbocycles. The number of carbonyl (C=O) groups is 2. The zero-order chi connectivity index (χ0) is 13.3. The van der Waals surface area contributed by atoms with Crippen LogP contribution >= 0.6 is 0 Å². The molecule has 0 aromatic heterocycles. The first-order valence-corrected chi connectivity index (χ1v) is 5.96. The summed E-state index contributed by atoms with van der Waals surface area (Å²) in [5, 5.41) is 2.30. The molecular weight excluding hydrogens is 230 g/mol. The van der Waals surface area contributed by atoms with Gasteiger partial charge >= 0.3 is 6.03 Å². The summed E-state index contributed by atoms with van der Waals surface area (Å²) in [6.07, 6.45) is 6.14. The van der Waals surface area contributed by atoms with Crippen LogP contribution in [0.1, 0.15) is 27.2 Å². The van der Waals surface area contributed by atoms with Crippen LogP contribution in [0, 0.1) is 5.41 Å². The zero-order valence-electron chi connectivity index (χ0n) is 10.9. The van der Waals surface area contributed by atoms with Crippen LogP contribution in [0.5, 0.6) is 0 Å². The smallest absolute Gasteiger partial charge is 0.278 e. The molecule has 0 saturated carbocycles. The van der Waals surface area contributed by atoms with E-state index >= 15 is 0 Å². The van der Waals surface area contributed by atoms with Crippen molar-refractivity contribution in [3.63, 3.8) is 0 Å². The van der Waals surface area contributed by atoms with Gasteiger partial charge in [0.2, 0.25) is 5.91 Å². The summed E-state index contributed by atoms with van der Waals surface area (Å²) in [6, 6.07) is -0.397. The van der Waals surface area contributed by atoms with E-state index in [-0.39, 0.29) is 11.3 Å². The van der Waals surface area contributed by atoms with Crippen LogP contribution in [-0.2, 0) is 4.79 Å². The van der Waals surface area contributed by atoms with Gasteiger partial charge in [-0.1, -0.05) is 26.0 Å². The summed E-state index contributed by atoms with van der Waals surface area (Å²) in [7, 11) is 0. The second kappa shape index (κ2) is 4.40. The van der Waals surface area contributed by atoms with Crippen molar-refractivity contribution in [3.8, 4) is 0 Å². The largest absolute Gasteiger partial charge is 0.329 e. The molecule has 1 N–H and O–H groups in total. The van der Waals surface area contributed by atoms with Gasteiger partial charge in [-0.05, 0) is 12.5 Å². The number of urea groups is 1. The lowest BCUT2D eigenvalue weighted by Gasteiger charge is -2.27. The Morgan fingerprint density at radius 2 is 2.11 bits per heavy atom. The summed E-state index contributed by atoms with van der Waals surface area (Å²) in [4.78, 5) is 28.8. The van der Waals surface area contributed by atoms with Gasteiger partial charge in [-0.2, -0.15) is 0 Å². The molecule has 1 fully saturated rings. The monoisotopic (exact) mass is 247 g/mol. The predicted octanol–water partition coefficient (Wildman–Crippen LogP) is 1.83. The molecule has 0 aliphatic carbocycles. The number of imide groups is 1. The molecule has 2 rings (SSSR count). The molecule has 2 aliphatic rings. The maximum atomic E-state index is 11.8. The number of hydrogen-bond donors (Lipinski definition) is 1. The van der Waals surface area contributed by atoms with E-state index < -0.39 is 6.03 Å². The molecule has 2 heterocycles. The minimum Gasteiger partial charge on any atom is -0.278 e. The van der Waals surface area contributed by atoms with Crippen LogP contribution < -0.4 is 5.32 Å². The van der Waals surface area contributed by atoms with Gasteiger partial charge in [-0.15, -0.1) is 0 Å². The third-order valence-electron chi connectivity index (χ3n) is 2.94. The molecule has 5 heteroatoms. The molecule has 0 spiro atoms. The molecular formula is C13H17N3O2. The molecule has 0 radical (unpaired) electrons. The van der Waals surface area contributed by atoms with Crippen LogP contribution in [-0.4, -0.2) is 29.6 Å². The van der Waals surface area contributed by atoms with E-state index in [1.165, 1.54) is 4.90 Å². The van der Waals surface area contributed by atoms with Gasteiger partial charge in [-0.3, -0.25) is 15.0 Å². The summed E-state index contributed by atoms with van der Waals surface area (Å²) in [5.74, 6) is 0.379. The van der Waals surface area contributed by atoms with Crippen molar-refractivity contribution in [2.75, 3.05) is 6.54 Å². The minimum atomic E-state index is -0.397. The van der Waals surface area contributed by atoms with Crippen LogP contribution in [0.2, 0.25) is 0 Å². The summed E-state index contributed by atoms with van der Waals surface area (Å²) < 4.78 is 0. The zero-order valence-corrected chi connectivity index (χ0v) is 10.9. The molecule has 0 unspecified atom stereocenters. The van der Waals surface area contributed by atoms with Gasteiger partial charge in [0.25, 0.3) is 0 Å². The number of hydrogen-bond acceptors (Lipinski definition) is 3. The van der Waals surface area contributed by atoms with Crippen molar-refractivity contribution in [2.24, 2.45) is 10.4 Å². The Balaban J connectivity index is 2.30. The lowest BCUT2D eigenvalue weighted by atomic mass is 9.95. The van der Waals surface area contributed by atoms with Gasteiger partial charge in [0, 0.05) is 24.6 Å². The molecule has 0 aromatic rings. The molecule has 5 nitrogen and oxygen atoms in total. The first-order valence-electron chi connectivity index (χ1n) is 5.96. The van der Waals surface area contributed by atoms with Crippen molar-refractivity contribution < 1.29 is 9.59 Å². The fraction of sp³-hybridized carbons (Fsp3) is 0.462. The van der Waals surface area contributed by atoms with Crippen molar-refractivity contribution in [1.29, 1.82) is 0 Å². The average Bonchev–Trinajstić information content (AvgIpc) is 2.41. The van der Waals surface area contributed by atoms with Crippen molar-refractivity contribution in [2.45, 2.75) is 27.2 Å². The Labute approximate surface area is 106 Å². The molecule has 0 bridgehead atoms. The Bertz CT molecular complexity index is 486. The normalized spacial score (nSPS) is 23.2. The van der Waals surface area contributed by atoms with Gasteiger partial charge in [0.1, 0.15) is 5.82 Å². The topological polar surface area (TPSA) is 61.8 Å². The summed E-state index contributed by atoms with van der Waals surface area (Å²) in [6.45, 7) is 6.38. The third kappa shape index (κ3) is 2.50. The quantitative estimate of drug-likeness (QED) is 0.768. The first kappa shape index (κ1) is 12.5. The highest BCUT2D eigenvalue weighted by atomic mass is 16.2. The van der Waals surface area contributed by atoms with E-state index in [2.05, 4.69) is 10.3 Å². The van der Waals surface area contributed by atoms with Crippen LogP contribution in [0.4, 0.5) is 4.79 Å². The van der Waals surface area contributed by atoms with E-state index in [4.69, 9.17) is 0 Å². The molecule has 0 atom stereocenters. The second-order valence-electron chi connectivity index (χ2n) is 5.17. The highest BCUT2D eigenvalue weighted by molar-refractivity contribution is 5.97. The summed E-state index contributed by atoms with van der Waals surface area (Å²) >= 11 is 0. The second-order valence-corrected chi connectivity index (χ2v) is 5.17. The Morgan fingerprint density at radius 3 is 2.78 bits per heavy atom. The molecule has 96 valence electrons. The fourth-order valence-corrected chi connectivity index (χ4v) is 1.84. The number of nitrogens with zero attached hydrogens (tertiary/aromatic N) is 2. The van der Waals surface area contributed by atoms with Crippen LogP contribution in [0.15, 0.2) is 28.5 Å². The summed E-state index contributed by atoms with van der Waals surface area (Å²) in [5.41, 5.74) is 0.784. The minimum absolute atomic E-state index is 0.134. The van der Waals surface area contributed by atoms with Crippen molar-refractivity contribution >= 4 is 18.2 Å². The number of allylic oxidation sites excluding steroid dienone is 3. The van der Waals surface area contributed by atoms with Crippen molar-refractivity contribution in [1.82, 2.24) is 10.2 Å². The average molecular weight is 247 g/mol. The molecule has 2 aliphatic heterocycles. The van der Waals surface area contributed by atoms with E-state index in [0.29, 0.717) is 18.8 Å².